The van der Waals surface area contributed by atoms with Gasteiger partial charge in [-0.1, -0.05) is 20.8 Å². The molecule has 0 aliphatic heterocycles. The van der Waals surface area contributed by atoms with Crippen LogP contribution < -0.4 is 5.73 Å². The lowest BCUT2D eigenvalue weighted by Gasteiger charge is -2.23. The smallest absolute Gasteiger partial charge is 0.167 e. The molecule has 1 atom stereocenters. The molecule has 0 saturated carbocycles. The summed E-state index contributed by atoms with van der Waals surface area (Å²) >= 11 is 0. The second-order valence-corrected chi connectivity index (χ2v) is 5.63. The Bertz CT molecular complexity index is 412. The highest BCUT2D eigenvalue weighted by molar-refractivity contribution is 5.99. The van der Waals surface area contributed by atoms with Gasteiger partial charge < -0.3 is 10.2 Å². The molecule has 1 aromatic rings. The fraction of sp³-hybridized carbons (Fsp3) is 0.615. The summed E-state index contributed by atoms with van der Waals surface area (Å²) in [4.78, 5) is 12.1. The lowest BCUT2D eigenvalue weighted by Crippen LogP contribution is -2.27. The maximum atomic E-state index is 12.1. The van der Waals surface area contributed by atoms with Crippen LogP contribution in [0.15, 0.2) is 10.7 Å². The van der Waals surface area contributed by atoms with Gasteiger partial charge in [0.05, 0.1) is 11.8 Å². The molecule has 1 unspecified atom stereocenters. The summed E-state index contributed by atoms with van der Waals surface area (Å²) in [6.45, 7) is 6.85. The molecule has 0 fully saturated rings. The maximum Gasteiger partial charge on any atom is 0.167 e. The molecule has 1 aliphatic carbocycles. The Morgan fingerprint density at radius 2 is 2.12 bits per heavy atom. The van der Waals surface area contributed by atoms with Crippen molar-refractivity contribution in [2.45, 2.75) is 39.0 Å². The molecule has 1 heterocycles. The maximum absolute atomic E-state index is 12.1. The van der Waals surface area contributed by atoms with E-state index >= 15 is 0 Å². The third kappa shape index (κ3) is 1.80. The molecular weight excluding hydrogens is 202 g/mol. The van der Waals surface area contributed by atoms with Crippen molar-refractivity contribution >= 4 is 5.78 Å². The molecule has 0 aromatic carbocycles. The summed E-state index contributed by atoms with van der Waals surface area (Å²) in [6, 6.07) is 0. The first kappa shape index (κ1) is 11.4. The topological polar surface area (TPSA) is 56.2 Å². The van der Waals surface area contributed by atoms with Gasteiger partial charge in [-0.3, -0.25) is 4.79 Å². The van der Waals surface area contributed by atoms with Crippen molar-refractivity contribution in [2.24, 2.45) is 11.7 Å². The van der Waals surface area contributed by atoms with Gasteiger partial charge in [0.25, 0.3) is 0 Å². The average Bonchev–Trinajstić information content (AvgIpc) is 2.60. The van der Waals surface area contributed by atoms with Gasteiger partial charge in [-0.2, -0.15) is 0 Å². The predicted octanol–water partition coefficient (Wildman–Crippen LogP) is 2.28. The van der Waals surface area contributed by atoms with Crippen LogP contribution in [-0.2, 0) is 11.8 Å². The highest BCUT2D eigenvalue weighted by Crippen LogP contribution is 2.35. The molecule has 88 valence electrons. The highest BCUT2D eigenvalue weighted by atomic mass is 16.3. The zero-order valence-electron chi connectivity index (χ0n) is 10.2. The van der Waals surface area contributed by atoms with Crippen molar-refractivity contribution in [2.75, 3.05) is 6.54 Å². The zero-order chi connectivity index (χ0) is 11.9. The summed E-state index contributed by atoms with van der Waals surface area (Å²) in [5.74, 6) is 1.27. The number of fused-ring (bicyclic) bond motifs is 1. The van der Waals surface area contributed by atoms with E-state index in [1.54, 1.807) is 6.26 Å². The van der Waals surface area contributed by atoms with Crippen molar-refractivity contribution in [3.63, 3.8) is 0 Å². The molecule has 2 N–H and O–H groups in total. The van der Waals surface area contributed by atoms with Crippen LogP contribution in [0.5, 0.6) is 0 Å². The van der Waals surface area contributed by atoms with E-state index in [2.05, 4.69) is 20.8 Å². The fourth-order valence-electron chi connectivity index (χ4n) is 2.27. The van der Waals surface area contributed by atoms with E-state index in [0.29, 0.717) is 13.0 Å². The Hall–Kier alpha value is -1.09. The van der Waals surface area contributed by atoms with E-state index in [1.807, 2.05) is 0 Å². The Kier molecular flexibility index (Phi) is 2.66. The Morgan fingerprint density at radius 1 is 1.44 bits per heavy atom. The van der Waals surface area contributed by atoms with Crippen molar-refractivity contribution in [3.05, 3.63) is 23.2 Å². The first-order chi connectivity index (χ1) is 7.43. The quantitative estimate of drug-likeness (QED) is 0.791. The second-order valence-electron chi connectivity index (χ2n) is 5.63. The van der Waals surface area contributed by atoms with Gasteiger partial charge in [-0.05, 0) is 17.9 Å². The van der Waals surface area contributed by atoms with Crippen LogP contribution in [0.1, 0.15) is 48.9 Å². The molecule has 0 radical (unpaired) electrons. The molecule has 16 heavy (non-hydrogen) atoms. The second kappa shape index (κ2) is 3.74. The summed E-state index contributed by atoms with van der Waals surface area (Å²) in [7, 11) is 0. The minimum absolute atomic E-state index is 0.0394. The molecule has 0 bridgehead atoms. The normalized spacial score (nSPS) is 21.0. The summed E-state index contributed by atoms with van der Waals surface area (Å²) in [6.07, 6.45) is 3.10. The molecule has 0 amide bonds. The monoisotopic (exact) mass is 221 g/mol. The van der Waals surface area contributed by atoms with Gasteiger partial charge in [0.15, 0.2) is 5.78 Å². The van der Waals surface area contributed by atoms with Crippen molar-refractivity contribution < 1.29 is 9.21 Å². The minimum Gasteiger partial charge on any atom is -0.468 e. The number of Topliss-reactive ketones (excluding diaryl/α,β-unsaturated/α-hetero) is 1. The third-order valence-corrected chi connectivity index (χ3v) is 3.24. The number of ketones is 1. The van der Waals surface area contributed by atoms with Crippen LogP contribution in [0.3, 0.4) is 0 Å². The van der Waals surface area contributed by atoms with Crippen LogP contribution in [0.4, 0.5) is 0 Å². The van der Waals surface area contributed by atoms with E-state index in [1.165, 1.54) is 0 Å². The Balaban J connectivity index is 2.44. The average molecular weight is 221 g/mol. The van der Waals surface area contributed by atoms with E-state index in [4.69, 9.17) is 10.2 Å². The lowest BCUT2D eigenvalue weighted by atomic mass is 9.79. The summed E-state index contributed by atoms with van der Waals surface area (Å²) in [5.41, 5.74) is 7.43. The van der Waals surface area contributed by atoms with E-state index in [9.17, 15) is 4.79 Å². The largest absolute Gasteiger partial charge is 0.468 e. The zero-order valence-corrected chi connectivity index (χ0v) is 10.2. The first-order valence-corrected chi connectivity index (χ1v) is 5.77. The molecule has 0 spiro atoms. The molecule has 0 saturated heterocycles. The third-order valence-electron chi connectivity index (χ3n) is 3.24. The van der Waals surface area contributed by atoms with Crippen LogP contribution in [0.2, 0.25) is 0 Å². The number of carbonyl (C=O) groups is 1. The van der Waals surface area contributed by atoms with Gasteiger partial charge in [-0.25, -0.2) is 0 Å². The minimum atomic E-state index is -0.0394. The summed E-state index contributed by atoms with van der Waals surface area (Å²) in [5, 5.41) is 0. The molecule has 3 heteroatoms. The van der Waals surface area contributed by atoms with Gasteiger partial charge in [0.1, 0.15) is 5.76 Å². The SMILES string of the molecule is CC(C)(C)c1coc2c1C(=O)CC(CN)C2. The fourth-order valence-corrected chi connectivity index (χ4v) is 2.27. The van der Waals surface area contributed by atoms with Gasteiger partial charge in [0.2, 0.25) is 0 Å². The Morgan fingerprint density at radius 3 is 2.69 bits per heavy atom. The van der Waals surface area contributed by atoms with E-state index in [0.717, 1.165) is 23.3 Å². The number of nitrogens with two attached hydrogens (primary N) is 1. The number of hydrogen-bond acceptors (Lipinski definition) is 3. The van der Waals surface area contributed by atoms with Gasteiger partial charge in [0, 0.05) is 18.4 Å². The first-order valence-electron chi connectivity index (χ1n) is 5.77. The van der Waals surface area contributed by atoms with Crippen LogP contribution in [-0.4, -0.2) is 12.3 Å². The predicted molar refractivity (Wildman–Crippen MR) is 62.6 cm³/mol. The van der Waals surface area contributed by atoms with Gasteiger partial charge in [-0.15, -0.1) is 0 Å². The van der Waals surface area contributed by atoms with E-state index < -0.39 is 0 Å². The van der Waals surface area contributed by atoms with Crippen LogP contribution in [0.25, 0.3) is 0 Å². The van der Waals surface area contributed by atoms with Crippen LogP contribution >= 0.6 is 0 Å². The molecule has 3 nitrogen and oxygen atoms in total. The molecule has 1 aliphatic rings. The van der Waals surface area contributed by atoms with Crippen molar-refractivity contribution in [1.29, 1.82) is 0 Å². The highest BCUT2D eigenvalue weighted by Gasteiger charge is 2.33. The van der Waals surface area contributed by atoms with Crippen molar-refractivity contribution in [3.8, 4) is 0 Å². The number of furan rings is 1. The van der Waals surface area contributed by atoms with Gasteiger partial charge >= 0.3 is 0 Å². The molecular formula is C13H19NO2. The Labute approximate surface area is 96.0 Å². The van der Waals surface area contributed by atoms with E-state index in [-0.39, 0.29) is 17.1 Å². The number of hydrogen-bond donors (Lipinski definition) is 1. The molecule has 2 rings (SSSR count). The lowest BCUT2D eigenvalue weighted by molar-refractivity contribution is 0.0944. The standard InChI is InChI=1S/C13H19NO2/c1-13(2,3)9-7-16-11-5-8(6-14)4-10(15)12(9)11/h7-8H,4-6,14H2,1-3H3. The van der Waals surface area contributed by atoms with Crippen molar-refractivity contribution in [1.82, 2.24) is 0 Å². The molecule has 1 aromatic heterocycles. The number of rotatable bonds is 1. The summed E-state index contributed by atoms with van der Waals surface area (Å²) < 4.78 is 5.54. The van der Waals surface area contributed by atoms with Crippen LogP contribution in [0, 0.1) is 5.92 Å². The number of carbonyl (C=O) groups excluding carboxylic acids is 1.